The third-order valence-corrected chi connectivity index (χ3v) is 11.2. The Morgan fingerprint density at radius 3 is 2.47 bits per heavy atom. The number of thiophene rings is 1. The number of thioether (sulfide) groups is 1. The maximum Gasteiger partial charge on any atom is 0.305 e. The highest BCUT2D eigenvalue weighted by molar-refractivity contribution is 8.00. The second-order valence-corrected chi connectivity index (χ2v) is 12.1. The highest BCUT2D eigenvalue weighted by Crippen LogP contribution is 2.68. The Balaban J connectivity index is 1.32. The molecule has 1 aromatic carbocycles. The van der Waals surface area contributed by atoms with Gasteiger partial charge in [0, 0.05) is 20.9 Å². The van der Waals surface area contributed by atoms with Crippen LogP contribution in [0.1, 0.15) is 22.1 Å². The van der Waals surface area contributed by atoms with Crippen LogP contribution in [0.5, 0.6) is 0 Å². The van der Waals surface area contributed by atoms with Gasteiger partial charge in [0.2, 0.25) is 11.8 Å². The molecule has 7 rings (SSSR count). The molecule has 2 aromatic heterocycles. The number of amides is 2. The molecular weight excluding hydrogens is 467 g/mol. The normalized spacial score (nSPS) is 34.7. The lowest BCUT2D eigenvalue weighted by Gasteiger charge is -2.42. The lowest BCUT2D eigenvalue weighted by molar-refractivity contribution is -0.123. The molecule has 4 heterocycles. The van der Waals surface area contributed by atoms with Crippen LogP contribution in [-0.2, 0) is 9.59 Å². The van der Waals surface area contributed by atoms with Gasteiger partial charge >= 0.3 is 4.87 Å². The number of hydrogen-bond donors (Lipinski definition) is 1. The van der Waals surface area contributed by atoms with Gasteiger partial charge < -0.3 is 4.98 Å². The molecule has 4 aliphatic rings. The molecule has 9 heteroatoms. The monoisotopic (exact) mass is 484 g/mol. The average Bonchev–Trinajstić information content (AvgIpc) is 3.57. The summed E-state index contributed by atoms with van der Waals surface area (Å²) in [5.41, 5.74) is 0.448. The second-order valence-electron chi connectivity index (χ2n) is 8.96. The van der Waals surface area contributed by atoms with E-state index in [-0.39, 0.29) is 57.4 Å². The molecular formula is C23H17FN2O3S3. The standard InChI is InChI=1S/C23H17FN2O3S3/c24-9-3-5-10(6-4-9)26-21(27)15-11-8-12(16(15)22(26)28)18-14(11)17(13-2-1-7-30-13)19-20(31-18)25-23(29)32-19/h1-7,11-12,14-18H,8H2,(H,25,29)/t11-,12+,14-,15-,16-,17-,18-/m0/s1. The van der Waals surface area contributed by atoms with E-state index in [0.717, 1.165) is 16.3 Å². The van der Waals surface area contributed by atoms with Crippen molar-refractivity contribution in [3.8, 4) is 0 Å². The summed E-state index contributed by atoms with van der Waals surface area (Å²) in [7, 11) is 0. The Morgan fingerprint density at radius 1 is 1.00 bits per heavy atom. The summed E-state index contributed by atoms with van der Waals surface area (Å²) in [5, 5.41) is 3.17. The molecule has 0 spiro atoms. The van der Waals surface area contributed by atoms with Gasteiger partial charge in [0.15, 0.2) is 0 Å². The van der Waals surface area contributed by atoms with Gasteiger partial charge in [-0.15, -0.1) is 23.1 Å². The Labute approximate surface area is 194 Å². The summed E-state index contributed by atoms with van der Waals surface area (Å²) in [6, 6.07) is 9.73. The largest absolute Gasteiger partial charge is 0.307 e. The highest BCUT2D eigenvalue weighted by Gasteiger charge is 2.69. The third kappa shape index (κ3) is 2.42. The fraction of sp³-hybridized carbons (Fsp3) is 0.348. The van der Waals surface area contributed by atoms with Crippen LogP contribution in [0.25, 0.3) is 0 Å². The van der Waals surface area contributed by atoms with Crippen LogP contribution >= 0.6 is 34.4 Å². The summed E-state index contributed by atoms with van der Waals surface area (Å²) in [4.78, 5) is 45.7. The van der Waals surface area contributed by atoms with Crippen LogP contribution in [0, 0.1) is 35.4 Å². The van der Waals surface area contributed by atoms with Gasteiger partial charge in [-0.25, -0.2) is 4.39 Å². The number of H-pyrrole nitrogens is 1. The maximum atomic E-state index is 13.5. The van der Waals surface area contributed by atoms with E-state index in [4.69, 9.17) is 0 Å². The first-order chi connectivity index (χ1) is 15.5. The second kappa shape index (κ2) is 6.65. The minimum absolute atomic E-state index is 0.0498. The molecule has 0 unspecified atom stereocenters. The molecule has 3 fully saturated rings. The number of imide groups is 1. The van der Waals surface area contributed by atoms with Crippen molar-refractivity contribution in [3.05, 3.63) is 67.0 Å². The molecule has 0 radical (unpaired) electrons. The molecule has 2 amide bonds. The van der Waals surface area contributed by atoms with Crippen molar-refractivity contribution in [3.63, 3.8) is 0 Å². The first kappa shape index (κ1) is 19.3. The number of aromatic amines is 1. The Kier molecular flexibility index (Phi) is 4.00. The van der Waals surface area contributed by atoms with Gasteiger partial charge in [-0.1, -0.05) is 17.4 Å². The number of benzene rings is 1. The van der Waals surface area contributed by atoms with Gasteiger partial charge in [-0.2, -0.15) is 0 Å². The number of halogens is 1. The summed E-state index contributed by atoms with van der Waals surface area (Å²) < 4.78 is 13.4. The molecule has 2 aliphatic heterocycles. The molecule has 5 nitrogen and oxygen atoms in total. The Hall–Kier alpha value is -2.23. The van der Waals surface area contributed by atoms with Gasteiger partial charge in [-0.3, -0.25) is 19.3 Å². The van der Waals surface area contributed by atoms with Gasteiger partial charge in [0.1, 0.15) is 5.82 Å². The van der Waals surface area contributed by atoms with E-state index in [9.17, 15) is 18.8 Å². The van der Waals surface area contributed by atoms with E-state index < -0.39 is 5.82 Å². The number of anilines is 1. The highest BCUT2D eigenvalue weighted by atomic mass is 32.2. The molecule has 1 N–H and O–H groups in total. The Morgan fingerprint density at radius 2 is 1.75 bits per heavy atom. The van der Waals surface area contributed by atoms with Gasteiger partial charge in [-0.05, 0) is 59.9 Å². The van der Waals surface area contributed by atoms with Crippen LogP contribution in [0.3, 0.4) is 0 Å². The van der Waals surface area contributed by atoms with Gasteiger partial charge in [0.05, 0.1) is 22.5 Å². The van der Waals surface area contributed by atoms with Crippen molar-refractivity contribution in [2.24, 2.45) is 29.6 Å². The smallest absolute Gasteiger partial charge is 0.305 e. The number of nitrogens with one attached hydrogen (secondary N) is 1. The predicted octanol–water partition coefficient (Wildman–Crippen LogP) is 4.31. The zero-order valence-electron chi connectivity index (χ0n) is 16.6. The van der Waals surface area contributed by atoms with Crippen LogP contribution in [0.2, 0.25) is 0 Å². The number of carbonyl (C=O) groups excluding carboxylic acids is 2. The van der Waals surface area contributed by atoms with E-state index in [1.807, 2.05) is 6.07 Å². The summed E-state index contributed by atoms with van der Waals surface area (Å²) in [6.45, 7) is 0. The molecule has 3 aromatic rings. The van der Waals surface area contributed by atoms with E-state index in [1.165, 1.54) is 45.4 Å². The number of hydrogen-bond acceptors (Lipinski definition) is 6. The van der Waals surface area contributed by atoms with Crippen molar-refractivity contribution < 1.29 is 14.0 Å². The first-order valence-electron chi connectivity index (χ1n) is 10.6. The molecule has 32 heavy (non-hydrogen) atoms. The average molecular weight is 485 g/mol. The lowest BCUT2D eigenvalue weighted by atomic mass is 9.69. The molecule has 2 bridgehead atoms. The quantitative estimate of drug-likeness (QED) is 0.550. The number of aromatic nitrogens is 1. The maximum absolute atomic E-state index is 13.5. The summed E-state index contributed by atoms with van der Waals surface area (Å²) >= 11 is 4.65. The van der Waals surface area contributed by atoms with E-state index >= 15 is 0 Å². The van der Waals surface area contributed by atoms with Crippen molar-refractivity contribution >= 4 is 51.9 Å². The van der Waals surface area contributed by atoms with Crippen molar-refractivity contribution in [1.82, 2.24) is 4.98 Å². The SMILES string of the molecule is O=C1[C@H]2[C@H]3C[C@@H]([C@@H]4Sc5[nH]c(=O)sc5[C@@H](c5cccs5)[C@H]34)[C@@H]2C(=O)N1c1ccc(F)cc1. The molecule has 2 aliphatic carbocycles. The lowest BCUT2D eigenvalue weighted by Crippen LogP contribution is -2.42. The Bertz CT molecular complexity index is 1310. The molecule has 1 saturated heterocycles. The molecule has 7 atom stereocenters. The third-order valence-electron chi connectivity index (χ3n) is 7.66. The topological polar surface area (TPSA) is 70.2 Å². The number of rotatable bonds is 2. The van der Waals surface area contributed by atoms with Crippen molar-refractivity contribution in [2.45, 2.75) is 22.6 Å². The van der Waals surface area contributed by atoms with Crippen LogP contribution in [-0.4, -0.2) is 22.0 Å². The first-order valence-corrected chi connectivity index (χ1v) is 13.2. The fourth-order valence-corrected chi connectivity index (χ4v) is 10.5. The zero-order valence-corrected chi connectivity index (χ0v) is 19.0. The van der Waals surface area contributed by atoms with Crippen LogP contribution < -0.4 is 9.77 Å². The molecule has 162 valence electrons. The van der Waals surface area contributed by atoms with Crippen molar-refractivity contribution in [2.75, 3.05) is 4.90 Å². The summed E-state index contributed by atoms with van der Waals surface area (Å²) in [5.74, 6) is -0.873. The van der Waals surface area contributed by atoms with Crippen LogP contribution in [0.15, 0.2) is 51.6 Å². The number of fused-ring (bicyclic) bond motifs is 9. The number of nitrogens with zero attached hydrogens (tertiary/aromatic N) is 1. The minimum atomic E-state index is -0.394. The predicted molar refractivity (Wildman–Crippen MR) is 122 cm³/mol. The van der Waals surface area contributed by atoms with Crippen LogP contribution in [0.4, 0.5) is 10.1 Å². The van der Waals surface area contributed by atoms with Crippen molar-refractivity contribution in [1.29, 1.82) is 0 Å². The van der Waals surface area contributed by atoms with E-state index in [1.54, 1.807) is 23.1 Å². The van der Waals surface area contributed by atoms with E-state index in [0.29, 0.717) is 5.69 Å². The number of carbonyl (C=O) groups is 2. The number of thiazole rings is 1. The minimum Gasteiger partial charge on any atom is -0.307 e. The fourth-order valence-electron chi connectivity index (χ4n) is 6.65. The van der Waals surface area contributed by atoms with E-state index in [2.05, 4.69) is 16.4 Å². The zero-order chi connectivity index (χ0) is 21.7. The van der Waals surface area contributed by atoms with Gasteiger partial charge in [0.25, 0.3) is 0 Å². The molecule has 2 saturated carbocycles. The summed E-state index contributed by atoms with van der Waals surface area (Å²) in [6.07, 6.45) is 0.869.